The van der Waals surface area contributed by atoms with Gasteiger partial charge in [0.2, 0.25) is 17.7 Å². The summed E-state index contributed by atoms with van der Waals surface area (Å²) >= 11 is 14.8. The van der Waals surface area contributed by atoms with Gasteiger partial charge in [-0.3, -0.25) is 19.3 Å². The van der Waals surface area contributed by atoms with Gasteiger partial charge in [-0.05, 0) is 34.4 Å². The van der Waals surface area contributed by atoms with Crippen molar-refractivity contribution in [3.05, 3.63) is 101 Å². The second-order valence-electron chi connectivity index (χ2n) is 8.96. The number of halogens is 2. The number of rotatable bonds is 4. The number of nitrogens with zero attached hydrogens (tertiary/aromatic N) is 1. The lowest BCUT2D eigenvalue weighted by Gasteiger charge is -2.54. The number of imide groups is 1. The number of anilines is 1. The molecule has 170 valence electrons. The van der Waals surface area contributed by atoms with Gasteiger partial charge in [0.25, 0.3) is 0 Å². The summed E-state index contributed by atoms with van der Waals surface area (Å²) in [5.74, 6) is -2.74. The van der Waals surface area contributed by atoms with Crippen molar-refractivity contribution in [2.45, 2.75) is 16.2 Å². The topological polar surface area (TPSA) is 66.5 Å². The van der Waals surface area contributed by atoms with E-state index < -0.39 is 21.6 Å². The van der Waals surface area contributed by atoms with Crippen molar-refractivity contribution in [3.63, 3.8) is 0 Å². The van der Waals surface area contributed by atoms with Crippen molar-refractivity contribution >= 4 is 46.6 Å². The average molecular weight is 491 g/mol. The summed E-state index contributed by atoms with van der Waals surface area (Å²) in [4.78, 5) is 38.7. The molecule has 7 rings (SSSR count). The highest BCUT2D eigenvalue weighted by Gasteiger charge is 2.72. The zero-order valence-corrected chi connectivity index (χ0v) is 19.5. The van der Waals surface area contributed by atoms with E-state index in [2.05, 4.69) is 5.32 Å². The van der Waals surface area contributed by atoms with Gasteiger partial charge in [0, 0.05) is 18.7 Å². The fourth-order valence-corrected chi connectivity index (χ4v) is 7.00. The molecule has 7 heteroatoms. The second-order valence-corrected chi connectivity index (χ2v) is 10.2. The summed E-state index contributed by atoms with van der Waals surface area (Å²) in [6.45, 7) is -0.0318. The number of hydrogen-bond donors (Lipinski definition) is 1. The van der Waals surface area contributed by atoms with Gasteiger partial charge in [-0.15, -0.1) is 23.2 Å². The Balaban J connectivity index is 1.37. The van der Waals surface area contributed by atoms with Crippen LogP contribution in [-0.2, 0) is 24.1 Å². The van der Waals surface area contributed by atoms with Crippen LogP contribution in [0.4, 0.5) is 5.69 Å². The molecule has 3 amide bonds. The standard InChI is InChI=1S/C27H20Cl2N2O3/c28-26-17-10-4-5-11-18(17)27(29,20-13-7-6-12-19(20)26)23-22(26)24(33)31(25(23)34)15-14-21(32)30-16-8-2-1-3-9-16/h1-13,22-23H,14-15H2,(H,30,32)/t22-,23-,26?,27?/m1/s1. The largest absolute Gasteiger partial charge is 0.326 e. The highest BCUT2D eigenvalue weighted by Crippen LogP contribution is 2.69. The van der Waals surface area contributed by atoms with Crippen LogP contribution in [0.2, 0.25) is 0 Å². The Morgan fingerprint density at radius 3 is 1.59 bits per heavy atom. The number of benzene rings is 3. The fourth-order valence-electron chi connectivity index (χ4n) is 5.90. The average Bonchev–Trinajstić information content (AvgIpc) is 3.12. The van der Waals surface area contributed by atoms with Crippen molar-refractivity contribution in [1.82, 2.24) is 4.90 Å². The van der Waals surface area contributed by atoms with Gasteiger partial charge < -0.3 is 5.32 Å². The van der Waals surface area contributed by atoms with Gasteiger partial charge in [0.15, 0.2) is 0 Å². The Labute approximate surface area is 206 Å². The molecule has 3 aromatic carbocycles. The number of carbonyl (C=O) groups excluding carboxylic acids is 3. The van der Waals surface area contributed by atoms with Crippen LogP contribution < -0.4 is 5.32 Å². The zero-order chi connectivity index (χ0) is 23.7. The third-order valence-electron chi connectivity index (χ3n) is 7.30. The molecule has 3 aromatic rings. The molecule has 1 fully saturated rings. The SMILES string of the molecule is O=C(CCN1C(=O)[C@H]2[C@H](C1=O)C1(Cl)c3ccccc3C2(Cl)c2ccccc21)Nc1ccccc1. The van der Waals surface area contributed by atoms with Gasteiger partial charge in [-0.25, -0.2) is 0 Å². The first kappa shape index (κ1) is 21.4. The molecule has 1 N–H and O–H groups in total. The monoisotopic (exact) mass is 490 g/mol. The maximum absolute atomic E-state index is 13.7. The first-order valence-electron chi connectivity index (χ1n) is 11.2. The molecule has 1 heterocycles. The van der Waals surface area contributed by atoms with E-state index in [0.717, 1.165) is 22.3 Å². The van der Waals surface area contributed by atoms with Gasteiger partial charge in [-0.2, -0.15) is 0 Å². The van der Waals surface area contributed by atoms with E-state index in [1.54, 1.807) is 12.1 Å². The van der Waals surface area contributed by atoms with Gasteiger partial charge >= 0.3 is 0 Å². The van der Waals surface area contributed by atoms with Crippen LogP contribution in [0.1, 0.15) is 28.7 Å². The van der Waals surface area contributed by atoms with Gasteiger partial charge in [0.1, 0.15) is 9.75 Å². The predicted octanol–water partition coefficient (Wildman–Crippen LogP) is 4.61. The Morgan fingerprint density at radius 1 is 0.735 bits per heavy atom. The molecule has 0 spiro atoms. The molecule has 1 saturated heterocycles. The van der Waals surface area contributed by atoms with E-state index in [1.807, 2.05) is 66.7 Å². The number of nitrogens with one attached hydrogen (secondary N) is 1. The number of hydrogen-bond acceptors (Lipinski definition) is 3. The van der Waals surface area contributed by atoms with Gasteiger partial charge in [-0.1, -0.05) is 66.7 Å². The molecule has 2 bridgehead atoms. The maximum atomic E-state index is 13.7. The van der Waals surface area contributed by atoms with Crippen molar-refractivity contribution in [2.75, 3.05) is 11.9 Å². The molecule has 0 radical (unpaired) electrons. The molecule has 0 saturated carbocycles. The molecule has 34 heavy (non-hydrogen) atoms. The van der Waals surface area contributed by atoms with E-state index in [4.69, 9.17) is 23.2 Å². The van der Waals surface area contributed by atoms with E-state index in [9.17, 15) is 14.4 Å². The Morgan fingerprint density at radius 2 is 1.15 bits per heavy atom. The van der Waals surface area contributed by atoms with Crippen LogP contribution >= 0.6 is 23.2 Å². The predicted molar refractivity (Wildman–Crippen MR) is 130 cm³/mol. The zero-order valence-electron chi connectivity index (χ0n) is 18.0. The van der Waals surface area contributed by atoms with E-state index in [0.29, 0.717) is 5.69 Å². The number of amides is 3. The summed E-state index contributed by atoms with van der Waals surface area (Å²) in [7, 11) is 0. The molecular formula is C27H20Cl2N2O3. The highest BCUT2D eigenvalue weighted by atomic mass is 35.5. The Hall–Kier alpha value is -3.15. The number of alkyl halides is 2. The molecular weight excluding hydrogens is 471 g/mol. The Kier molecular flexibility index (Phi) is 4.67. The third-order valence-corrected chi connectivity index (χ3v) is 8.58. The molecule has 0 aromatic heterocycles. The molecule has 2 atom stereocenters. The summed E-state index contributed by atoms with van der Waals surface area (Å²) in [5, 5.41) is 2.79. The summed E-state index contributed by atoms with van der Waals surface area (Å²) < 4.78 is 0. The fraction of sp³-hybridized carbons (Fsp3) is 0.222. The minimum absolute atomic E-state index is 0.0176. The van der Waals surface area contributed by atoms with Crippen LogP contribution in [0.15, 0.2) is 78.9 Å². The smallest absolute Gasteiger partial charge is 0.235 e. The van der Waals surface area contributed by atoms with Crippen LogP contribution in [0.3, 0.4) is 0 Å². The van der Waals surface area contributed by atoms with Crippen LogP contribution in [-0.4, -0.2) is 29.2 Å². The molecule has 1 aliphatic heterocycles. The first-order chi connectivity index (χ1) is 16.4. The summed E-state index contributed by atoms with van der Waals surface area (Å²) in [6, 6.07) is 24.1. The third kappa shape index (κ3) is 2.65. The van der Waals surface area contributed by atoms with Crippen LogP contribution in [0, 0.1) is 11.8 Å². The first-order valence-corrected chi connectivity index (χ1v) is 11.9. The van der Waals surface area contributed by atoms with E-state index in [1.165, 1.54) is 4.90 Å². The quantitative estimate of drug-likeness (QED) is 0.428. The van der Waals surface area contributed by atoms with Crippen molar-refractivity contribution in [3.8, 4) is 0 Å². The number of carbonyl (C=O) groups is 3. The highest BCUT2D eigenvalue weighted by molar-refractivity contribution is 6.36. The minimum atomic E-state index is -1.21. The summed E-state index contributed by atoms with van der Waals surface area (Å²) in [6.07, 6.45) is -0.0176. The Bertz CT molecular complexity index is 1240. The maximum Gasteiger partial charge on any atom is 0.235 e. The van der Waals surface area contributed by atoms with Gasteiger partial charge in [0.05, 0.1) is 11.8 Å². The van der Waals surface area contributed by atoms with Crippen LogP contribution in [0.5, 0.6) is 0 Å². The lowest BCUT2D eigenvalue weighted by atomic mass is 9.54. The van der Waals surface area contributed by atoms with E-state index in [-0.39, 0.29) is 30.7 Å². The lowest BCUT2D eigenvalue weighted by molar-refractivity contribution is -0.140. The van der Waals surface area contributed by atoms with Crippen LogP contribution in [0.25, 0.3) is 0 Å². The molecule has 0 unspecified atom stereocenters. The molecule has 4 aliphatic rings. The normalized spacial score (nSPS) is 28.4. The summed E-state index contributed by atoms with van der Waals surface area (Å²) in [5.41, 5.74) is 3.70. The van der Waals surface area contributed by atoms with Crippen molar-refractivity contribution in [1.29, 1.82) is 0 Å². The van der Waals surface area contributed by atoms with E-state index >= 15 is 0 Å². The lowest BCUT2D eigenvalue weighted by Crippen LogP contribution is -2.57. The van der Waals surface area contributed by atoms with Crippen molar-refractivity contribution in [2.24, 2.45) is 11.8 Å². The van der Waals surface area contributed by atoms with Crippen molar-refractivity contribution < 1.29 is 14.4 Å². The number of para-hydroxylation sites is 1. The molecule has 5 nitrogen and oxygen atoms in total. The second kappa shape index (κ2) is 7.42. The molecule has 3 aliphatic carbocycles. The number of likely N-dealkylation sites (tertiary alicyclic amines) is 1. The minimum Gasteiger partial charge on any atom is -0.326 e.